The summed E-state index contributed by atoms with van der Waals surface area (Å²) in [5, 5.41) is 0. The summed E-state index contributed by atoms with van der Waals surface area (Å²) in [7, 11) is 0. The maximum atomic E-state index is 12.5. The van der Waals surface area contributed by atoms with Crippen LogP contribution in [-0.2, 0) is 11.3 Å². The Hall–Kier alpha value is -2.11. The molecule has 1 saturated carbocycles. The van der Waals surface area contributed by atoms with Crippen LogP contribution in [0.3, 0.4) is 0 Å². The van der Waals surface area contributed by atoms with Crippen LogP contribution in [0.2, 0.25) is 0 Å². The summed E-state index contributed by atoms with van der Waals surface area (Å²) < 4.78 is 35.7. The van der Waals surface area contributed by atoms with Gasteiger partial charge >= 0.3 is 6.09 Å². The molecule has 0 heterocycles. The van der Waals surface area contributed by atoms with Crippen molar-refractivity contribution < 1.29 is 23.0 Å². The van der Waals surface area contributed by atoms with Crippen LogP contribution < -0.4 is 4.74 Å². The van der Waals surface area contributed by atoms with Gasteiger partial charge in [0.1, 0.15) is 18.0 Å². The molecule has 1 aromatic carbocycles. The molecular formula is C19H25F2NO3. The molecule has 1 amide bonds. The van der Waals surface area contributed by atoms with Gasteiger partial charge in [0, 0.05) is 11.6 Å². The molecule has 4 nitrogen and oxygen atoms in total. The topological polar surface area (TPSA) is 38.8 Å². The fourth-order valence-electron chi connectivity index (χ4n) is 2.38. The normalized spacial score (nSPS) is 14.3. The Morgan fingerprint density at radius 2 is 2.08 bits per heavy atom. The van der Waals surface area contributed by atoms with Gasteiger partial charge in [-0.2, -0.15) is 0 Å². The number of amides is 1. The molecule has 1 fully saturated rings. The van der Waals surface area contributed by atoms with Gasteiger partial charge in [0.2, 0.25) is 0 Å². The summed E-state index contributed by atoms with van der Waals surface area (Å²) in [4.78, 5) is 14.1. The summed E-state index contributed by atoms with van der Waals surface area (Å²) in [6, 6.07) is 5.29. The first kappa shape index (κ1) is 19.2. The standard InChI is InChI=1S/C19H25F2NO3/c1-5-13-6-9-16(24-12-17(20)21)14(10-13)11-22(15-7-8-15)18(23)25-19(2,3)4/h5-6,9-10,15,17H,1,7-8,11-12H2,2-4H3. The first-order chi connectivity index (χ1) is 11.7. The molecule has 1 aromatic rings. The van der Waals surface area contributed by atoms with Crippen LogP contribution >= 0.6 is 0 Å². The van der Waals surface area contributed by atoms with E-state index in [2.05, 4.69) is 6.58 Å². The average molecular weight is 353 g/mol. The molecule has 2 rings (SSSR count). The van der Waals surface area contributed by atoms with Crippen molar-refractivity contribution in [3.63, 3.8) is 0 Å². The van der Waals surface area contributed by atoms with Crippen LogP contribution in [-0.4, -0.2) is 35.7 Å². The van der Waals surface area contributed by atoms with Gasteiger partial charge in [-0.05, 0) is 51.3 Å². The van der Waals surface area contributed by atoms with E-state index in [4.69, 9.17) is 9.47 Å². The molecule has 25 heavy (non-hydrogen) atoms. The van der Waals surface area contributed by atoms with Gasteiger partial charge < -0.3 is 14.4 Å². The van der Waals surface area contributed by atoms with Crippen molar-refractivity contribution in [1.29, 1.82) is 0 Å². The minimum Gasteiger partial charge on any atom is -0.487 e. The highest BCUT2D eigenvalue weighted by molar-refractivity contribution is 5.69. The Labute approximate surface area is 147 Å². The SMILES string of the molecule is C=Cc1ccc(OCC(F)F)c(CN(C(=O)OC(C)(C)C)C2CC2)c1. The van der Waals surface area contributed by atoms with Crippen LogP contribution in [0, 0.1) is 0 Å². The zero-order chi connectivity index (χ0) is 18.6. The molecule has 0 radical (unpaired) electrons. The zero-order valence-electron chi connectivity index (χ0n) is 14.9. The van der Waals surface area contributed by atoms with E-state index < -0.39 is 24.7 Å². The van der Waals surface area contributed by atoms with Crippen LogP contribution in [0.1, 0.15) is 44.7 Å². The molecule has 0 unspecified atom stereocenters. The van der Waals surface area contributed by atoms with Gasteiger partial charge in [0.15, 0.2) is 0 Å². The van der Waals surface area contributed by atoms with Crippen molar-refractivity contribution in [3.05, 3.63) is 35.9 Å². The summed E-state index contributed by atoms with van der Waals surface area (Å²) >= 11 is 0. The molecule has 1 aliphatic rings. The molecule has 138 valence electrons. The lowest BCUT2D eigenvalue weighted by atomic mass is 10.1. The number of carbonyl (C=O) groups is 1. The largest absolute Gasteiger partial charge is 0.487 e. The van der Waals surface area contributed by atoms with E-state index in [-0.39, 0.29) is 12.6 Å². The molecule has 0 aromatic heterocycles. The fraction of sp³-hybridized carbons (Fsp3) is 0.526. The maximum absolute atomic E-state index is 12.5. The number of carbonyl (C=O) groups excluding carboxylic acids is 1. The summed E-state index contributed by atoms with van der Waals surface area (Å²) in [6.45, 7) is 8.72. The van der Waals surface area contributed by atoms with Gasteiger partial charge in [-0.25, -0.2) is 13.6 Å². The second-order valence-corrected chi connectivity index (χ2v) is 7.11. The van der Waals surface area contributed by atoms with E-state index in [1.54, 1.807) is 29.2 Å². The summed E-state index contributed by atoms with van der Waals surface area (Å²) in [5.74, 6) is 0.347. The van der Waals surface area contributed by atoms with Gasteiger partial charge in [0.05, 0.1) is 6.54 Å². The first-order valence-corrected chi connectivity index (χ1v) is 8.35. The molecule has 6 heteroatoms. The fourth-order valence-corrected chi connectivity index (χ4v) is 2.38. The lowest BCUT2D eigenvalue weighted by Gasteiger charge is -2.28. The lowest BCUT2D eigenvalue weighted by molar-refractivity contribution is 0.0213. The minimum absolute atomic E-state index is 0.116. The number of alkyl halides is 2. The van der Waals surface area contributed by atoms with Gasteiger partial charge in [-0.3, -0.25) is 0 Å². The first-order valence-electron chi connectivity index (χ1n) is 8.35. The molecule has 0 saturated heterocycles. The predicted molar refractivity (Wildman–Crippen MR) is 92.8 cm³/mol. The van der Waals surface area contributed by atoms with E-state index in [0.717, 1.165) is 18.4 Å². The Balaban J connectivity index is 2.21. The number of halogens is 2. The van der Waals surface area contributed by atoms with Crippen LogP contribution in [0.5, 0.6) is 5.75 Å². The third-order valence-corrected chi connectivity index (χ3v) is 3.64. The van der Waals surface area contributed by atoms with Crippen molar-refractivity contribution in [3.8, 4) is 5.75 Å². The molecular weight excluding hydrogens is 328 g/mol. The van der Waals surface area contributed by atoms with Crippen LogP contribution in [0.4, 0.5) is 13.6 Å². The van der Waals surface area contributed by atoms with Crippen molar-refractivity contribution >= 4 is 12.2 Å². The molecule has 0 atom stereocenters. The van der Waals surface area contributed by atoms with Crippen molar-refractivity contribution in [2.45, 2.75) is 58.2 Å². The van der Waals surface area contributed by atoms with E-state index in [0.29, 0.717) is 11.3 Å². The highest BCUT2D eigenvalue weighted by atomic mass is 19.3. The van der Waals surface area contributed by atoms with E-state index in [1.807, 2.05) is 20.8 Å². The highest BCUT2D eigenvalue weighted by Gasteiger charge is 2.35. The Morgan fingerprint density at radius 1 is 1.40 bits per heavy atom. The highest BCUT2D eigenvalue weighted by Crippen LogP contribution is 2.32. The third-order valence-electron chi connectivity index (χ3n) is 3.64. The van der Waals surface area contributed by atoms with Crippen molar-refractivity contribution in [2.24, 2.45) is 0 Å². The summed E-state index contributed by atoms with van der Waals surface area (Å²) in [5.41, 5.74) is 0.900. The van der Waals surface area contributed by atoms with Gasteiger partial charge in [-0.15, -0.1) is 0 Å². The predicted octanol–water partition coefficient (Wildman–Crippen LogP) is 4.87. The maximum Gasteiger partial charge on any atom is 0.410 e. The average Bonchev–Trinajstić information content (AvgIpc) is 3.33. The Bertz CT molecular complexity index is 622. The number of rotatable bonds is 7. The molecule has 0 spiro atoms. The molecule has 1 aliphatic carbocycles. The number of benzene rings is 1. The number of ether oxygens (including phenoxy) is 2. The molecule has 0 N–H and O–H groups in total. The molecule has 0 aliphatic heterocycles. The summed E-state index contributed by atoms with van der Waals surface area (Å²) in [6.07, 6.45) is 0.521. The van der Waals surface area contributed by atoms with Crippen LogP contribution in [0.15, 0.2) is 24.8 Å². The number of nitrogens with zero attached hydrogens (tertiary/aromatic N) is 1. The second kappa shape index (κ2) is 7.85. The zero-order valence-corrected chi connectivity index (χ0v) is 14.9. The minimum atomic E-state index is -2.56. The number of hydrogen-bond acceptors (Lipinski definition) is 3. The van der Waals surface area contributed by atoms with Gasteiger partial charge in [0.25, 0.3) is 6.43 Å². The monoisotopic (exact) mass is 353 g/mol. The quantitative estimate of drug-likeness (QED) is 0.702. The number of hydrogen-bond donors (Lipinski definition) is 0. The Kier molecular flexibility index (Phi) is 6.03. The third kappa shape index (κ3) is 6.03. The lowest BCUT2D eigenvalue weighted by Crippen LogP contribution is -2.38. The van der Waals surface area contributed by atoms with E-state index in [1.165, 1.54) is 0 Å². The van der Waals surface area contributed by atoms with E-state index in [9.17, 15) is 13.6 Å². The Morgan fingerprint density at radius 3 is 2.60 bits per heavy atom. The second-order valence-electron chi connectivity index (χ2n) is 7.11. The van der Waals surface area contributed by atoms with Crippen molar-refractivity contribution in [2.75, 3.05) is 6.61 Å². The smallest absolute Gasteiger partial charge is 0.410 e. The van der Waals surface area contributed by atoms with E-state index >= 15 is 0 Å². The van der Waals surface area contributed by atoms with Crippen molar-refractivity contribution in [1.82, 2.24) is 4.90 Å². The molecule has 0 bridgehead atoms. The van der Waals surface area contributed by atoms with Crippen LogP contribution in [0.25, 0.3) is 6.08 Å². The van der Waals surface area contributed by atoms with Gasteiger partial charge in [-0.1, -0.05) is 18.7 Å².